The summed E-state index contributed by atoms with van der Waals surface area (Å²) in [5.41, 5.74) is 7.29. The summed E-state index contributed by atoms with van der Waals surface area (Å²) < 4.78 is 31.1. The van der Waals surface area contributed by atoms with Crippen LogP contribution in [-0.4, -0.2) is 92.9 Å². The lowest BCUT2D eigenvalue weighted by Gasteiger charge is -2.41. The first-order valence-electron chi connectivity index (χ1n) is 16.5. The minimum atomic E-state index is -1.53. The maximum atomic E-state index is 15.0. The summed E-state index contributed by atoms with van der Waals surface area (Å²) in [6.07, 6.45) is 1.40. The van der Waals surface area contributed by atoms with E-state index in [4.69, 9.17) is 5.73 Å². The minimum Gasteiger partial charge on any atom is -0.480 e. The second-order valence-corrected chi connectivity index (χ2v) is 13.8. The molecule has 282 valence electrons. The topological polar surface area (TPSA) is 196 Å². The summed E-state index contributed by atoms with van der Waals surface area (Å²) in [6.45, 7) is 4.46. The molecule has 0 radical (unpaired) electrons. The number of rotatable bonds is 18. The largest absolute Gasteiger partial charge is 0.480 e. The SMILES string of the molecule is CC(C)(C)[C@H](c1cc(-c2cc(F)ccc2F)cn1Cc1ccccc1)N(CC[C@H](N)C(=O)N[C@H](CNC(=O)CCNC(=O)CBr)C(=O)O)C(=O)CO. The van der Waals surface area contributed by atoms with E-state index in [1.54, 1.807) is 12.3 Å². The molecule has 0 aliphatic rings. The number of aliphatic hydroxyl groups excluding tert-OH is 1. The Morgan fingerprint density at radius 3 is 2.31 bits per heavy atom. The lowest BCUT2D eigenvalue weighted by Crippen LogP contribution is -2.54. The van der Waals surface area contributed by atoms with Gasteiger partial charge in [-0.25, -0.2) is 13.6 Å². The molecule has 0 aliphatic carbocycles. The number of alkyl halides is 1. The van der Waals surface area contributed by atoms with Crippen LogP contribution in [0.1, 0.15) is 50.9 Å². The lowest BCUT2D eigenvalue weighted by atomic mass is 9.82. The summed E-state index contributed by atoms with van der Waals surface area (Å²) >= 11 is 2.98. The van der Waals surface area contributed by atoms with E-state index in [0.717, 1.165) is 23.8 Å². The number of hydrogen-bond donors (Lipinski definition) is 6. The summed E-state index contributed by atoms with van der Waals surface area (Å²) in [6, 6.07) is 10.6. The van der Waals surface area contributed by atoms with Gasteiger partial charge in [-0.15, -0.1) is 0 Å². The highest BCUT2D eigenvalue weighted by molar-refractivity contribution is 9.09. The number of hydrogen-bond acceptors (Lipinski definition) is 7. The van der Waals surface area contributed by atoms with Gasteiger partial charge >= 0.3 is 5.97 Å². The quantitative estimate of drug-likeness (QED) is 0.106. The van der Waals surface area contributed by atoms with E-state index in [1.807, 2.05) is 55.7 Å². The summed E-state index contributed by atoms with van der Waals surface area (Å²) in [5, 5.41) is 27.0. The van der Waals surface area contributed by atoms with Crippen LogP contribution >= 0.6 is 15.9 Å². The fraction of sp³-hybridized carbons (Fsp3) is 0.417. The molecular weight excluding hydrogens is 746 g/mol. The van der Waals surface area contributed by atoms with Gasteiger partial charge in [0, 0.05) is 55.6 Å². The number of aromatic nitrogens is 1. The van der Waals surface area contributed by atoms with Crippen molar-refractivity contribution in [2.24, 2.45) is 11.1 Å². The number of nitrogens with one attached hydrogen (secondary N) is 3. The predicted molar refractivity (Wildman–Crippen MR) is 193 cm³/mol. The molecule has 1 heterocycles. The van der Waals surface area contributed by atoms with Crippen LogP contribution in [0.5, 0.6) is 0 Å². The zero-order chi connectivity index (χ0) is 38.6. The standard InChI is InChI=1S/C36H45BrF2N6O7/c1-36(2,3)33(29-15-23(25-16-24(38)9-10-26(25)39)20-44(29)19-22-7-5-4-6-8-22)45(32(49)21-46)14-12-27(40)34(50)43-28(35(51)52)18-42-30(47)11-13-41-31(48)17-37/h4-10,15-16,20,27-28,33,46H,11-14,17-19,21,40H2,1-3H3,(H,41,48)(H,42,47)(H,43,50)(H,51,52)/t27-,28+,33-/m0/s1. The second-order valence-electron chi connectivity index (χ2n) is 13.2. The number of halogens is 3. The molecule has 0 bridgehead atoms. The number of amides is 4. The fourth-order valence-electron chi connectivity index (χ4n) is 5.66. The molecule has 0 saturated heterocycles. The van der Waals surface area contributed by atoms with E-state index in [0.29, 0.717) is 17.8 Å². The first kappa shape index (κ1) is 41.7. The molecule has 3 aromatic rings. The van der Waals surface area contributed by atoms with Crippen molar-refractivity contribution in [1.29, 1.82) is 0 Å². The van der Waals surface area contributed by atoms with Gasteiger partial charge < -0.3 is 41.4 Å². The minimum absolute atomic E-state index is 0.0186. The van der Waals surface area contributed by atoms with Gasteiger partial charge in [-0.2, -0.15) is 0 Å². The Kier molecular flexibility index (Phi) is 15.5. The van der Waals surface area contributed by atoms with Crippen LogP contribution in [0.2, 0.25) is 0 Å². The normalized spacial score (nSPS) is 13.1. The fourth-order valence-corrected chi connectivity index (χ4v) is 5.85. The van der Waals surface area contributed by atoms with Crippen molar-refractivity contribution in [2.75, 3.05) is 31.6 Å². The van der Waals surface area contributed by atoms with Crippen LogP contribution in [0.25, 0.3) is 11.1 Å². The monoisotopic (exact) mass is 790 g/mol. The van der Waals surface area contributed by atoms with E-state index >= 15 is 4.39 Å². The van der Waals surface area contributed by atoms with E-state index in [-0.39, 0.29) is 42.7 Å². The van der Waals surface area contributed by atoms with Crippen molar-refractivity contribution in [2.45, 2.75) is 58.3 Å². The summed E-state index contributed by atoms with van der Waals surface area (Å²) in [4.78, 5) is 63.2. The van der Waals surface area contributed by atoms with Crippen molar-refractivity contribution in [1.82, 2.24) is 25.4 Å². The van der Waals surface area contributed by atoms with Crippen LogP contribution in [0.15, 0.2) is 60.8 Å². The van der Waals surface area contributed by atoms with Gasteiger partial charge in [0.05, 0.1) is 17.4 Å². The van der Waals surface area contributed by atoms with Crippen molar-refractivity contribution >= 4 is 45.5 Å². The molecule has 52 heavy (non-hydrogen) atoms. The average Bonchev–Trinajstić information content (AvgIpc) is 3.50. The van der Waals surface area contributed by atoms with E-state index in [9.17, 15) is 38.6 Å². The van der Waals surface area contributed by atoms with Crippen LogP contribution < -0.4 is 21.7 Å². The number of nitrogens with zero attached hydrogens (tertiary/aromatic N) is 2. The average molecular weight is 792 g/mol. The smallest absolute Gasteiger partial charge is 0.328 e. The molecule has 13 nitrogen and oxygen atoms in total. The van der Waals surface area contributed by atoms with E-state index < -0.39 is 72.0 Å². The van der Waals surface area contributed by atoms with Crippen LogP contribution in [0.4, 0.5) is 8.78 Å². The van der Waals surface area contributed by atoms with Crippen molar-refractivity contribution in [3.63, 3.8) is 0 Å². The third-order valence-corrected chi connectivity index (χ3v) is 8.67. The number of aliphatic hydroxyl groups is 1. The highest BCUT2D eigenvalue weighted by atomic mass is 79.9. The third kappa shape index (κ3) is 12.0. The molecule has 0 unspecified atom stereocenters. The van der Waals surface area contributed by atoms with Gasteiger partial charge in [0.2, 0.25) is 23.6 Å². The van der Waals surface area contributed by atoms with Crippen LogP contribution in [0, 0.1) is 17.0 Å². The molecule has 3 atom stereocenters. The van der Waals surface area contributed by atoms with Crippen molar-refractivity contribution in [3.8, 4) is 11.1 Å². The highest BCUT2D eigenvalue weighted by Gasteiger charge is 2.37. The molecule has 16 heteroatoms. The maximum absolute atomic E-state index is 15.0. The predicted octanol–water partition coefficient (Wildman–Crippen LogP) is 2.69. The summed E-state index contributed by atoms with van der Waals surface area (Å²) in [5.74, 6) is -5.11. The van der Waals surface area contributed by atoms with Gasteiger partial charge in [0.15, 0.2) is 0 Å². The number of nitrogens with two attached hydrogens (primary N) is 1. The molecular formula is C36H45BrF2N6O7. The Hall–Kier alpha value is -4.67. The Balaban J connectivity index is 1.86. The molecule has 3 rings (SSSR count). The molecule has 1 aromatic heterocycles. The summed E-state index contributed by atoms with van der Waals surface area (Å²) in [7, 11) is 0. The van der Waals surface area contributed by atoms with Gasteiger partial charge in [-0.1, -0.05) is 67.0 Å². The maximum Gasteiger partial charge on any atom is 0.328 e. The molecule has 0 spiro atoms. The first-order valence-corrected chi connectivity index (χ1v) is 17.7. The zero-order valence-electron chi connectivity index (χ0n) is 29.2. The Labute approximate surface area is 309 Å². The molecule has 2 aromatic carbocycles. The first-order chi connectivity index (χ1) is 24.5. The Morgan fingerprint density at radius 1 is 1.00 bits per heavy atom. The zero-order valence-corrected chi connectivity index (χ0v) is 30.8. The number of aliphatic carboxylic acids is 1. The van der Waals surface area contributed by atoms with Crippen molar-refractivity contribution in [3.05, 3.63) is 83.7 Å². The number of carbonyl (C=O) groups excluding carboxylic acids is 4. The molecule has 0 saturated carbocycles. The molecule has 7 N–H and O–H groups in total. The number of carboxylic acids is 1. The van der Waals surface area contributed by atoms with E-state index in [2.05, 4.69) is 31.9 Å². The van der Waals surface area contributed by atoms with Crippen LogP contribution in [-0.2, 0) is 30.5 Å². The van der Waals surface area contributed by atoms with E-state index in [1.165, 1.54) is 4.90 Å². The van der Waals surface area contributed by atoms with Crippen LogP contribution in [0.3, 0.4) is 0 Å². The Morgan fingerprint density at radius 2 is 1.69 bits per heavy atom. The van der Waals surface area contributed by atoms with Gasteiger partial charge in [0.1, 0.15) is 24.3 Å². The Bertz CT molecular complexity index is 1720. The number of carbonyl (C=O) groups is 5. The van der Waals surface area contributed by atoms with Gasteiger partial charge in [-0.05, 0) is 41.7 Å². The highest BCUT2D eigenvalue weighted by Crippen LogP contribution is 2.41. The third-order valence-electron chi connectivity index (χ3n) is 8.16. The second kappa shape index (κ2) is 19.2. The molecule has 4 amide bonds. The van der Waals surface area contributed by atoms with Gasteiger partial charge in [-0.3, -0.25) is 19.2 Å². The molecule has 0 aliphatic heterocycles. The molecule has 0 fully saturated rings. The van der Waals surface area contributed by atoms with Gasteiger partial charge in [0.25, 0.3) is 0 Å². The van der Waals surface area contributed by atoms with Crippen molar-refractivity contribution < 1.29 is 43.0 Å². The number of benzene rings is 2. The number of carboxylic acid groups (broad SMARTS) is 1. The lowest BCUT2D eigenvalue weighted by molar-refractivity contribution is -0.142.